The van der Waals surface area contributed by atoms with Crippen LogP contribution in [0.25, 0.3) is 0 Å². The number of hydrogen-bond acceptors (Lipinski definition) is 5. The van der Waals surface area contributed by atoms with Gasteiger partial charge in [0.15, 0.2) is 5.15 Å². The molecule has 0 radical (unpaired) electrons. The summed E-state index contributed by atoms with van der Waals surface area (Å²) in [5, 5.41) is 0.110. The SMILES string of the molecule is CC(C)(C)COc1nc(Cl)cnc1NS(=O)(=O)c1cccc(Cl)c1Cl. The molecule has 2 rings (SSSR count). The van der Waals surface area contributed by atoms with E-state index in [0.29, 0.717) is 0 Å². The van der Waals surface area contributed by atoms with E-state index in [4.69, 9.17) is 39.5 Å². The Kier molecular flexibility index (Phi) is 6.04. The van der Waals surface area contributed by atoms with Gasteiger partial charge in [-0.15, -0.1) is 0 Å². The molecule has 0 aliphatic rings. The van der Waals surface area contributed by atoms with Gasteiger partial charge in [0.25, 0.3) is 15.9 Å². The normalized spacial score (nSPS) is 12.1. The van der Waals surface area contributed by atoms with Crippen LogP contribution in [0.1, 0.15) is 20.8 Å². The van der Waals surface area contributed by atoms with Gasteiger partial charge in [0.1, 0.15) is 4.90 Å². The molecule has 2 aromatic rings. The van der Waals surface area contributed by atoms with Crippen LogP contribution >= 0.6 is 34.8 Å². The fourth-order valence-corrected chi connectivity index (χ4v) is 3.58. The number of benzene rings is 1. The second-order valence-corrected chi connectivity index (χ2v) is 9.18. The van der Waals surface area contributed by atoms with Crippen molar-refractivity contribution in [2.45, 2.75) is 25.7 Å². The molecule has 0 aliphatic heterocycles. The number of aromatic nitrogens is 2. The van der Waals surface area contributed by atoms with Gasteiger partial charge in [0, 0.05) is 0 Å². The van der Waals surface area contributed by atoms with E-state index in [2.05, 4.69) is 14.7 Å². The van der Waals surface area contributed by atoms with Crippen molar-refractivity contribution in [3.63, 3.8) is 0 Å². The lowest BCUT2D eigenvalue weighted by atomic mass is 9.99. The lowest BCUT2D eigenvalue weighted by molar-refractivity contribution is 0.192. The number of anilines is 1. The van der Waals surface area contributed by atoms with Crippen LogP contribution in [-0.2, 0) is 10.0 Å². The van der Waals surface area contributed by atoms with Crippen LogP contribution in [0.2, 0.25) is 15.2 Å². The number of nitrogens with one attached hydrogen (secondary N) is 1. The predicted octanol–water partition coefficient (Wildman–Crippen LogP) is 4.66. The molecule has 6 nitrogen and oxygen atoms in total. The lowest BCUT2D eigenvalue weighted by Gasteiger charge is -2.19. The number of nitrogens with zero attached hydrogens (tertiary/aromatic N) is 2. The number of halogens is 3. The fourth-order valence-electron chi connectivity index (χ4n) is 1.68. The Morgan fingerprint density at radius 1 is 1.20 bits per heavy atom. The van der Waals surface area contributed by atoms with E-state index in [-0.39, 0.29) is 43.8 Å². The Morgan fingerprint density at radius 3 is 2.52 bits per heavy atom. The molecule has 136 valence electrons. The molecule has 0 fully saturated rings. The zero-order chi connectivity index (χ0) is 18.8. The molecule has 0 unspecified atom stereocenters. The van der Waals surface area contributed by atoms with Crippen LogP contribution < -0.4 is 9.46 Å². The molecule has 0 spiro atoms. The molecule has 0 bridgehead atoms. The monoisotopic (exact) mass is 423 g/mol. The van der Waals surface area contributed by atoms with Gasteiger partial charge in [-0.25, -0.2) is 13.4 Å². The summed E-state index contributed by atoms with van der Waals surface area (Å²) in [4.78, 5) is 7.76. The number of rotatable bonds is 5. The summed E-state index contributed by atoms with van der Waals surface area (Å²) in [6, 6.07) is 4.30. The van der Waals surface area contributed by atoms with Gasteiger partial charge in [0.05, 0.1) is 22.8 Å². The smallest absolute Gasteiger partial charge is 0.264 e. The first-order chi connectivity index (χ1) is 11.5. The first kappa shape index (κ1) is 20.0. The van der Waals surface area contributed by atoms with Gasteiger partial charge in [-0.2, -0.15) is 4.98 Å². The standard InChI is InChI=1S/C15H16Cl3N3O3S/c1-15(2,3)8-24-14-13(19-7-11(17)20-14)21-25(22,23)10-6-4-5-9(16)12(10)18/h4-7H,8H2,1-3H3,(H,19,21). The number of hydrogen-bond donors (Lipinski definition) is 1. The Labute approximate surface area is 161 Å². The topological polar surface area (TPSA) is 81.2 Å². The molecular formula is C15H16Cl3N3O3S. The number of ether oxygens (including phenoxy) is 1. The van der Waals surface area contributed by atoms with E-state index in [1.165, 1.54) is 24.4 Å². The van der Waals surface area contributed by atoms with E-state index in [1.807, 2.05) is 20.8 Å². The van der Waals surface area contributed by atoms with Gasteiger partial charge in [-0.3, -0.25) is 4.72 Å². The summed E-state index contributed by atoms with van der Waals surface area (Å²) in [7, 11) is -4.05. The maximum atomic E-state index is 12.6. The van der Waals surface area contributed by atoms with Crippen LogP contribution in [-0.4, -0.2) is 25.0 Å². The van der Waals surface area contributed by atoms with Crippen LogP contribution in [0.4, 0.5) is 5.82 Å². The molecule has 10 heteroatoms. The first-order valence-corrected chi connectivity index (χ1v) is 9.73. The van der Waals surface area contributed by atoms with Crippen molar-refractivity contribution < 1.29 is 13.2 Å². The van der Waals surface area contributed by atoms with Gasteiger partial charge >= 0.3 is 0 Å². The van der Waals surface area contributed by atoms with Crippen molar-refractivity contribution in [2.24, 2.45) is 5.41 Å². The minimum absolute atomic E-state index is 0.0239. The molecule has 0 aliphatic carbocycles. The lowest BCUT2D eigenvalue weighted by Crippen LogP contribution is -2.20. The minimum Gasteiger partial charge on any atom is -0.474 e. The van der Waals surface area contributed by atoms with Crippen molar-refractivity contribution in [1.82, 2.24) is 9.97 Å². The highest BCUT2D eigenvalue weighted by Gasteiger charge is 2.23. The molecule has 0 saturated heterocycles. The van der Waals surface area contributed by atoms with Crippen molar-refractivity contribution in [1.29, 1.82) is 0 Å². The molecule has 1 N–H and O–H groups in total. The molecule has 0 amide bonds. The third kappa shape index (κ3) is 5.34. The average Bonchev–Trinajstić information content (AvgIpc) is 2.49. The summed E-state index contributed by atoms with van der Waals surface area (Å²) >= 11 is 17.7. The van der Waals surface area contributed by atoms with E-state index >= 15 is 0 Å². The van der Waals surface area contributed by atoms with E-state index in [1.54, 1.807) is 0 Å². The van der Waals surface area contributed by atoms with Gasteiger partial charge in [0.2, 0.25) is 5.82 Å². The zero-order valence-corrected chi connectivity index (χ0v) is 16.8. The third-order valence-corrected chi connectivity index (χ3v) is 5.28. The molecule has 1 heterocycles. The van der Waals surface area contributed by atoms with Gasteiger partial charge in [-0.05, 0) is 17.5 Å². The largest absolute Gasteiger partial charge is 0.474 e. The first-order valence-electron chi connectivity index (χ1n) is 7.12. The molecule has 0 saturated carbocycles. The van der Waals surface area contributed by atoms with Crippen molar-refractivity contribution in [3.8, 4) is 5.88 Å². The molecule has 1 aromatic carbocycles. The van der Waals surface area contributed by atoms with E-state index in [9.17, 15) is 8.42 Å². The summed E-state index contributed by atoms with van der Waals surface area (Å²) in [6.07, 6.45) is 1.21. The summed E-state index contributed by atoms with van der Waals surface area (Å²) in [5.41, 5.74) is -0.170. The van der Waals surface area contributed by atoms with Crippen LogP contribution in [0.5, 0.6) is 5.88 Å². The Balaban J connectivity index is 2.37. The highest BCUT2D eigenvalue weighted by atomic mass is 35.5. The third-order valence-electron chi connectivity index (χ3n) is 2.79. The summed E-state index contributed by atoms with van der Waals surface area (Å²) < 4.78 is 33.1. The van der Waals surface area contributed by atoms with E-state index in [0.717, 1.165) is 0 Å². The highest BCUT2D eigenvalue weighted by molar-refractivity contribution is 7.92. The fraction of sp³-hybridized carbons (Fsp3) is 0.333. The minimum atomic E-state index is -4.05. The maximum absolute atomic E-state index is 12.6. The van der Waals surface area contributed by atoms with Crippen molar-refractivity contribution >= 4 is 50.6 Å². The Morgan fingerprint density at radius 2 is 1.88 bits per heavy atom. The maximum Gasteiger partial charge on any atom is 0.264 e. The van der Waals surface area contributed by atoms with Crippen LogP contribution in [0.15, 0.2) is 29.3 Å². The molecular weight excluding hydrogens is 409 g/mol. The zero-order valence-electron chi connectivity index (χ0n) is 13.7. The molecule has 25 heavy (non-hydrogen) atoms. The van der Waals surface area contributed by atoms with Gasteiger partial charge < -0.3 is 4.74 Å². The van der Waals surface area contributed by atoms with Crippen molar-refractivity contribution in [2.75, 3.05) is 11.3 Å². The highest BCUT2D eigenvalue weighted by Crippen LogP contribution is 2.31. The Bertz CT molecular complexity index is 883. The van der Waals surface area contributed by atoms with Crippen LogP contribution in [0.3, 0.4) is 0 Å². The average molecular weight is 425 g/mol. The second kappa shape index (κ2) is 7.53. The Hall–Kier alpha value is -1.28. The quantitative estimate of drug-likeness (QED) is 0.754. The van der Waals surface area contributed by atoms with Crippen molar-refractivity contribution in [3.05, 3.63) is 39.6 Å². The van der Waals surface area contributed by atoms with Crippen LogP contribution in [0, 0.1) is 5.41 Å². The summed E-state index contributed by atoms with van der Waals surface area (Å²) in [5.74, 6) is -0.117. The second-order valence-electron chi connectivity index (χ2n) is 6.35. The summed E-state index contributed by atoms with van der Waals surface area (Å²) in [6.45, 7) is 6.16. The predicted molar refractivity (Wildman–Crippen MR) is 99.3 cm³/mol. The number of sulfonamides is 1. The van der Waals surface area contributed by atoms with E-state index < -0.39 is 10.0 Å². The molecule has 1 aromatic heterocycles. The van der Waals surface area contributed by atoms with Gasteiger partial charge in [-0.1, -0.05) is 61.6 Å². The molecule has 0 atom stereocenters.